The van der Waals surface area contributed by atoms with Crippen molar-refractivity contribution >= 4 is 5.97 Å². The second kappa shape index (κ2) is 6.58. The first-order chi connectivity index (χ1) is 9.99. The molecular formula is C17H26N2O2. The van der Waals surface area contributed by atoms with Crippen molar-refractivity contribution in [1.29, 1.82) is 0 Å². The summed E-state index contributed by atoms with van der Waals surface area (Å²) in [6, 6.07) is 10.2. The van der Waals surface area contributed by atoms with Crippen LogP contribution in [-0.2, 0) is 10.3 Å². The Kier molecular flexibility index (Phi) is 5.01. The van der Waals surface area contributed by atoms with Gasteiger partial charge < -0.3 is 10.0 Å². The summed E-state index contributed by atoms with van der Waals surface area (Å²) in [5.74, 6) is -0.796. The maximum absolute atomic E-state index is 12.1. The van der Waals surface area contributed by atoms with Crippen molar-refractivity contribution in [3.8, 4) is 0 Å². The molecule has 4 nitrogen and oxygen atoms in total. The molecule has 1 fully saturated rings. The van der Waals surface area contributed by atoms with Crippen LogP contribution in [0.4, 0.5) is 0 Å². The van der Waals surface area contributed by atoms with E-state index < -0.39 is 11.5 Å². The monoisotopic (exact) mass is 290 g/mol. The van der Waals surface area contributed by atoms with Crippen molar-refractivity contribution in [2.45, 2.75) is 50.7 Å². The van der Waals surface area contributed by atoms with E-state index in [-0.39, 0.29) is 0 Å². The number of hydrogen-bond acceptors (Lipinski definition) is 3. The van der Waals surface area contributed by atoms with E-state index in [0.717, 1.165) is 24.8 Å². The Morgan fingerprint density at radius 1 is 1.43 bits per heavy atom. The quantitative estimate of drug-likeness (QED) is 0.772. The minimum absolute atomic E-state index is 0.326. The number of carbonyl (C=O) groups is 1. The van der Waals surface area contributed by atoms with E-state index in [2.05, 4.69) is 24.1 Å². The fraction of sp³-hybridized carbons (Fsp3) is 0.588. The summed E-state index contributed by atoms with van der Waals surface area (Å²) in [6.07, 6.45) is 3.13. The molecule has 0 spiro atoms. The lowest BCUT2D eigenvalue weighted by molar-refractivity contribution is -0.146. The van der Waals surface area contributed by atoms with Crippen LogP contribution in [0.2, 0.25) is 0 Å². The zero-order valence-corrected chi connectivity index (χ0v) is 13.2. The number of hydrogen-bond donors (Lipinski definition) is 2. The lowest BCUT2D eigenvalue weighted by Gasteiger charge is -2.37. The molecule has 1 saturated carbocycles. The second-order valence-corrected chi connectivity index (χ2v) is 6.17. The molecule has 4 heteroatoms. The minimum atomic E-state index is -1.03. The van der Waals surface area contributed by atoms with Gasteiger partial charge in [-0.05, 0) is 38.8 Å². The van der Waals surface area contributed by atoms with E-state index in [9.17, 15) is 9.90 Å². The predicted molar refractivity (Wildman–Crippen MR) is 84.3 cm³/mol. The molecule has 21 heavy (non-hydrogen) atoms. The third-order valence-electron chi connectivity index (χ3n) is 4.49. The van der Waals surface area contributed by atoms with Gasteiger partial charge in [-0.1, -0.05) is 37.3 Å². The van der Waals surface area contributed by atoms with Gasteiger partial charge in [0.25, 0.3) is 0 Å². The van der Waals surface area contributed by atoms with Gasteiger partial charge in [0.1, 0.15) is 0 Å². The second-order valence-electron chi connectivity index (χ2n) is 6.17. The van der Waals surface area contributed by atoms with Crippen LogP contribution in [0.3, 0.4) is 0 Å². The van der Waals surface area contributed by atoms with Crippen LogP contribution in [0, 0.1) is 0 Å². The fourth-order valence-corrected chi connectivity index (χ4v) is 2.61. The first-order valence-electron chi connectivity index (χ1n) is 7.76. The Hall–Kier alpha value is -1.39. The molecule has 0 bridgehead atoms. The van der Waals surface area contributed by atoms with Gasteiger partial charge in [-0.2, -0.15) is 0 Å². The Balaban J connectivity index is 2.33. The van der Waals surface area contributed by atoms with Gasteiger partial charge >= 0.3 is 5.97 Å². The lowest BCUT2D eigenvalue weighted by atomic mass is 9.88. The van der Waals surface area contributed by atoms with Gasteiger partial charge in [-0.15, -0.1) is 0 Å². The van der Waals surface area contributed by atoms with E-state index in [1.807, 2.05) is 37.4 Å². The smallest absolute Gasteiger partial charge is 0.329 e. The van der Waals surface area contributed by atoms with E-state index in [0.29, 0.717) is 18.6 Å². The highest BCUT2D eigenvalue weighted by Crippen LogP contribution is 2.30. The van der Waals surface area contributed by atoms with Crippen molar-refractivity contribution in [3.05, 3.63) is 35.9 Å². The molecule has 0 amide bonds. The maximum Gasteiger partial charge on any atom is 0.329 e. The van der Waals surface area contributed by atoms with E-state index >= 15 is 0 Å². The summed E-state index contributed by atoms with van der Waals surface area (Å²) in [5, 5.41) is 13.4. The Morgan fingerprint density at radius 3 is 2.52 bits per heavy atom. The van der Waals surface area contributed by atoms with Gasteiger partial charge in [-0.3, -0.25) is 5.32 Å². The minimum Gasteiger partial charge on any atom is -0.480 e. The van der Waals surface area contributed by atoms with E-state index in [4.69, 9.17) is 0 Å². The van der Waals surface area contributed by atoms with Crippen LogP contribution >= 0.6 is 0 Å². The molecule has 2 rings (SSSR count). The van der Waals surface area contributed by atoms with Crippen LogP contribution in [0.5, 0.6) is 0 Å². The van der Waals surface area contributed by atoms with Gasteiger partial charge in [0.05, 0.1) is 0 Å². The first kappa shape index (κ1) is 16.0. The molecule has 2 unspecified atom stereocenters. The number of benzene rings is 1. The van der Waals surface area contributed by atoms with Crippen molar-refractivity contribution in [3.63, 3.8) is 0 Å². The topological polar surface area (TPSA) is 52.6 Å². The molecule has 1 aliphatic rings. The Morgan fingerprint density at radius 2 is 2.05 bits per heavy atom. The summed E-state index contributed by atoms with van der Waals surface area (Å²) in [5.41, 5.74) is -0.194. The number of carboxylic acids is 1. The number of rotatable bonds is 8. The van der Waals surface area contributed by atoms with Gasteiger partial charge in [0, 0.05) is 18.6 Å². The molecule has 0 aromatic heterocycles. The van der Waals surface area contributed by atoms with Crippen LogP contribution in [-0.4, -0.2) is 41.7 Å². The normalized spacial score (nSPS) is 19.2. The molecule has 0 radical (unpaired) electrons. The van der Waals surface area contributed by atoms with Crippen LogP contribution < -0.4 is 5.32 Å². The largest absolute Gasteiger partial charge is 0.480 e. The zero-order chi connectivity index (χ0) is 15.5. The third kappa shape index (κ3) is 3.63. The van der Waals surface area contributed by atoms with E-state index in [1.54, 1.807) is 0 Å². The Labute approximate surface area is 127 Å². The van der Waals surface area contributed by atoms with Crippen LogP contribution in [0.25, 0.3) is 0 Å². The lowest BCUT2D eigenvalue weighted by Crippen LogP contribution is -2.57. The standard InChI is InChI=1S/C17H26N2O2/c1-4-13(2)19(3)12-17(16(20)21,18-15-10-11-15)14-8-6-5-7-9-14/h5-9,13,15,18H,4,10-12H2,1-3H3,(H,20,21). The molecule has 2 N–H and O–H groups in total. The summed E-state index contributed by atoms with van der Waals surface area (Å²) in [4.78, 5) is 14.3. The van der Waals surface area contributed by atoms with Crippen molar-refractivity contribution < 1.29 is 9.90 Å². The molecule has 1 aromatic carbocycles. The molecule has 2 atom stereocenters. The number of carboxylic acid groups (broad SMARTS) is 1. The van der Waals surface area contributed by atoms with Gasteiger partial charge in [0.2, 0.25) is 0 Å². The molecule has 0 saturated heterocycles. The number of aliphatic carboxylic acids is 1. The van der Waals surface area contributed by atoms with Crippen molar-refractivity contribution in [1.82, 2.24) is 10.2 Å². The van der Waals surface area contributed by atoms with E-state index in [1.165, 1.54) is 0 Å². The third-order valence-corrected chi connectivity index (χ3v) is 4.49. The summed E-state index contributed by atoms with van der Waals surface area (Å²) in [7, 11) is 2.00. The molecule has 1 aliphatic carbocycles. The van der Waals surface area contributed by atoms with Gasteiger partial charge in [0.15, 0.2) is 5.54 Å². The van der Waals surface area contributed by atoms with Gasteiger partial charge in [-0.25, -0.2) is 4.79 Å². The molecule has 116 valence electrons. The molecular weight excluding hydrogens is 264 g/mol. The first-order valence-corrected chi connectivity index (χ1v) is 7.76. The highest BCUT2D eigenvalue weighted by Gasteiger charge is 2.45. The molecule has 0 heterocycles. The fourth-order valence-electron chi connectivity index (χ4n) is 2.61. The predicted octanol–water partition coefficient (Wildman–Crippen LogP) is 2.45. The van der Waals surface area contributed by atoms with Crippen molar-refractivity contribution in [2.75, 3.05) is 13.6 Å². The zero-order valence-electron chi connectivity index (χ0n) is 13.2. The highest BCUT2D eigenvalue weighted by molar-refractivity contribution is 5.81. The van der Waals surface area contributed by atoms with Crippen LogP contribution in [0.1, 0.15) is 38.7 Å². The molecule has 0 aliphatic heterocycles. The van der Waals surface area contributed by atoms with Crippen molar-refractivity contribution in [2.24, 2.45) is 0 Å². The number of nitrogens with zero attached hydrogens (tertiary/aromatic N) is 1. The number of nitrogens with one attached hydrogen (secondary N) is 1. The highest BCUT2D eigenvalue weighted by atomic mass is 16.4. The summed E-state index contributed by atoms with van der Waals surface area (Å²) < 4.78 is 0. The molecule has 1 aromatic rings. The van der Waals surface area contributed by atoms with Crippen LogP contribution in [0.15, 0.2) is 30.3 Å². The maximum atomic E-state index is 12.1. The summed E-state index contributed by atoms with van der Waals surface area (Å²) >= 11 is 0. The SMILES string of the molecule is CCC(C)N(C)CC(NC1CC1)(C(=O)O)c1ccccc1. The average molecular weight is 290 g/mol. The summed E-state index contributed by atoms with van der Waals surface area (Å²) in [6.45, 7) is 4.73. The average Bonchev–Trinajstić information content (AvgIpc) is 3.30. The number of likely N-dealkylation sites (N-methyl/N-ethyl adjacent to an activating group) is 1. The Bertz CT molecular complexity index is 473.